The van der Waals surface area contributed by atoms with E-state index in [1.54, 1.807) is 4.57 Å². The Bertz CT molecular complexity index is 5930. The van der Waals surface area contributed by atoms with Gasteiger partial charge >= 0.3 is 0 Å². The smallest absolute Gasteiger partial charge is 0.252 e. The molecule has 12 aromatic carbocycles. The highest BCUT2D eigenvalue weighted by Crippen LogP contribution is 2.50. The maximum atomic E-state index is 9.98. The van der Waals surface area contributed by atoms with Crippen LogP contribution < -0.4 is 26.2 Å². The number of hydrogen-bond donors (Lipinski definition) is 0. The van der Waals surface area contributed by atoms with Gasteiger partial charge < -0.3 is 18.9 Å². The summed E-state index contributed by atoms with van der Waals surface area (Å²) in [5.41, 5.74) is 25.0. The minimum absolute atomic E-state index is 0.0108. The minimum atomic E-state index is -0.498. The first-order valence-electron chi connectivity index (χ1n) is 39.9. The SMILES string of the molecule is [2H]c1c([2H])c([2H])c2c(c1[2H])c1c([2H])c([2H])c([2H])c([2H])c1n2-c1cc2c3c(c1)N(c1ccc(-c4cc(C(C)(C)C)cc(C(C)(C)C)c4)cc1)c1cc(-n4c5ccccc5c5ccccc54)ccc1B3c1cc(-c3cc(C(C)(C)C)cc(C(C)(C)C)c3)ccc1N2c1ccc(-c2cc(C(C)(C)C)cc(C(C)(C)C)c2)cc1. The average molecular weight is 1320 g/mol. The van der Waals surface area contributed by atoms with Gasteiger partial charge in [0.1, 0.15) is 0 Å². The summed E-state index contributed by atoms with van der Waals surface area (Å²) < 4.78 is 80.5. The van der Waals surface area contributed by atoms with Gasteiger partial charge in [-0.25, -0.2) is 0 Å². The summed E-state index contributed by atoms with van der Waals surface area (Å²) in [5.74, 6) is 0. The fraction of sp³-hybridized carbons (Fsp3) is 0.250. The predicted molar refractivity (Wildman–Crippen MR) is 438 cm³/mol. The molecule has 0 amide bonds. The Morgan fingerprint density at radius 3 is 1.02 bits per heavy atom. The summed E-state index contributed by atoms with van der Waals surface area (Å²) in [4.78, 5) is 4.72. The summed E-state index contributed by atoms with van der Waals surface area (Å²) in [6.07, 6.45) is 0. The van der Waals surface area contributed by atoms with E-state index in [4.69, 9.17) is 2.74 Å². The molecule has 5 heteroatoms. The van der Waals surface area contributed by atoms with Crippen molar-refractivity contribution in [1.29, 1.82) is 0 Å². The molecule has 0 spiro atoms. The van der Waals surface area contributed by atoms with E-state index < -0.39 is 43.0 Å². The van der Waals surface area contributed by atoms with Crippen LogP contribution in [-0.4, -0.2) is 15.8 Å². The Morgan fingerprint density at radius 2 is 0.604 bits per heavy atom. The molecule has 101 heavy (non-hydrogen) atoms. The van der Waals surface area contributed by atoms with Gasteiger partial charge in [-0.2, -0.15) is 0 Å². The molecule has 0 fully saturated rings. The Morgan fingerprint density at radius 1 is 0.257 bits per heavy atom. The van der Waals surface area contributed by atoms with Gasteiger partial charge in [0.15, 0.2) is 0 Å². The van der Waals surface area contributed by atoms with E-state index >= 15 is 0 Å². The highest BCUT2D eigenvalue weighted by atomic mass is 15.2. The largest absolute Gasteiger partial charge is 0.311 e. The highest BCUT2D eigenvalue weighted by Gasteiger charge is 2.45. The lowest BCUT2D eigenvalue weighted by Gasteiger charge is -2.44. The number of benzene rings is 12. The van der Waals surface area contributed by atoms with Crippen molar-refractivity contribution < 1.29 is 11.0 Å². The van der Waals surface area contributed by atoms with Crippen LogP contribution in [0.2, 0.25) is 0 Å². The van der Waals surface area contributed by atoms with Crippen molar-refractivity contribution in [3.05, 3.63) is 282 Å². The molecule has 0 unspecified atom stereocenters. The molecule has 0 saturated carbocycles. The third-order valence-electron chi connectivity index (χ3n) is 21.4. The van der Waals surface area contributed by atoms with Crippen molar-refractivity contribution in [3.63, 3.8) is 0 Å². The second kappa shape index (κ2) is 23.2. The van der Waals surface area contributed by atoms with E-state index in [0.717, 1.165) is 111 Å². The van der Waals surface area contributed by atoms with Crippen molar-refractivity contribution in [2.24, 2.45) is 0 Å². The fourth-order valence-electron chi connectivity index (χ4n) is 15.4. The quantitative estimate of drug-likeness (QED) is 0.148. The molecule has 2 aliphatic rings. The third kappa shape index (κ3) is 11.3. The lowest BCUT2D eigenvalue weighted by Crippen LogP contribution is -2.61. The monoisotopic (exact) mass is 1320 g/mol. The number of aromatic nitrogens is 2. The van der Waals surface area contributed by atoms with Crippen LogP contribution in [-0.2, 0) is 32.5 Å². The van der Waals surface area contributed by atoms with Crippen molar-refractivity contribution >= 4 is 101 Å². The zero-order chi connectivity index (χ0) is 77.7. The van der Waals surface area contributed by atoms with Gasteiger partial charge in [0.2, 0.25) is 0 Å². The van der Waals surface area contributed by atoms with Crippen molar-refractivity contribution in [3.8, 4) is 44.8 Å². The van der Waals surface area contributed by atoms with E-state index in [1.807, 2.05) is 0 Å². The Labute approximate surface area is 611 Å². The molecule has 4 heterocycles. The van der Waals surface area contributed by atoms with E-state index in [0.29, 0.717) is 5.69 Å². The number of para-hydroxylation sites is 4. The molecule has 502 valence electrons. The van der Waals surface area contributed by atoms with Crippen molar-refractivity contribution in [2.75, 3.05) is 9.80 Å². The number of nitrogens with zero attached hydrogens (tertiary/aromatic N) is 4. The Balaban J connectivity index is 1.06. The van der Waals surface area contributed by atoms with Crippen LogP contribution in [0.3, 0.4) is 0 Å². The standard InChI is InChI=1S/C96H95BN4/c1-91(2,3)66-47-63(48-67(54-66)92(4,5)6)60-35-40-72(41-36-60)98-86-46-39-62(65-51-70(95(13,14)15)56-71(52-65)96(16,17)18)53-81(86)97-80-45-44-74(100-82-31-23-19-27-76(82)77-28-20-24-32-83(77)100)57-87(80)99(73-42-37-61(38-43-73)64-49-68(93(7,8)9)55-69(50-64)94(10,11)12)89-59-75(58-88(98)90(89)97)101-84-33-25-21-29-78(84)79-30-22-26-34-85(79)101/h19-59H,1-18H3/i21D,22D,25D,26D,29D,30D,33D,34D. The number of hydrogen-bond acceptors (Lipinski definition) is 2. The second-order valence-electron chi connectivity index (χ2n) is 34.7. The molecule has 2 aromatic heterocycles. The summed E-state index contributed by atoms with van der Waals surface area (Å²) >= 11 is 0. The van der Waals surface area contributed by atoms with Gasteiger partial charge in [0.25, 0.3) is 6.71 Å². The first-order chi connectivity index (χ1) is 51.2. The lowest BCUT2D eigenvalue weighted by atomic mass is 9.33. The number of rotatable bonds is 7. The third-order valence-corrected chi connectivity index (χ3v) is 21.4. The zero-order valence-electron chi connectivity index (χ0n) is 69.9. The minimum Gasteiger partial charge on any atom is -0.311 e. The molecule has 0 aliphatic carbocycles. The molecular formula is C96H95BN4. The van der Waals surface area contributed by atoms with Crippen LogP contribution in [0.25, 0.3) is 88.4 Å². The average Bonchev–Trinajstić information content (AvgIpc) is 1.60. The van der Waals surface area contributed by atoms with Crippen LogP contribution in [0, 0.1) is 0 Å². The molecule has 4 nitrogen and oxygen atoms in total. The van der Waals surface area contributed by atoms with E-state index in [9.17, 15) is 8.22 Å². The van der Waals surface area contributed by atoms with E-state index in [2.05, 4.69) is 339 Å². The van der Waals surface area contributed by atoms with E-state index in [1.165, 1.54) is 33.4 Å². The molecule has 0 N–H and O–H groups in total. The molecule has 14 aromatic rings. The number of anilines is 6. The lowest BCUT2D eigenvalue weighted by molar-refractivity contribution is 0.568. The molecule has 0 saturated heterocycles. The first kappa shape index (κ1) is 56.6. The normalized spacial score (nSPS) is 14.7. The Kier molecular flexibility index (Phi) is 13.0. The van der Waals surface area contributed by atoms with Crippen LogP contribution in [0.15, 0.2) is 249 Å². The van der Waals surface area contributed by atoms with Crippen molar-refractivity contribution in [1.82, 2.24) is 9.13 Å². The van der Waals surface area contributed by atoms with Gasteiger partial charge in [-0.15, -0.1) is 0 Å². The molecule has 16 rings (SSSR count). The van der Waals surface area contributed by atoms with Crippen LogP contribution in [0.4, 0.5) is 34.1 Å². The molecule has 0 radical (unpaired) electrons. The van der Waals surface area contributed by atoms with Crippen molar-refractivity contribution in [2.45, 2.75) is 157 Å². The Hall–Kier alpha value is -10.1. The van der Waals surface area contributed by atoms with Gasteiger partial charge in [0, 0.05) is 61.4 Å². The molecular weight excluding hydrogens is 1220 g/mol. The van der Waals surface area contributed by atoms with Crippen LogP contribution in [0.1, 0.15) is 169 Å². The maximum absolute atomic E-state index is 9.98. The van der Waals surface area contributed by atoms with Crippen LogP contribution >= 0.6 is 0 Å². The summed E-state index contributed by atoms with van der Waals surface area (Å²) in [6.45, 7) is 40.5. The van der Waals surface area contributed by atoms with Gasteiger partial charge in [-0.05, 0) is 194 Å². The van der Waals surface area contributed by atoms with Gasteiger partial charge in [0.05, 0.1) is 38.7 Å². The fourth-order valence-corrected chi connectivity index (χ4v) is 15.4. The van der Waals surface area contributed by atoms with Gasteiger partial charge in [-0.1, -0.05) is 294 Å². The zero-order valence-corrected chi connectivity index (χ0v) is 61.9. The van der Waals surface area contributed by atoms with Gasteiger partial charge in [-0.3, -0.25) is 0 Å². The van der Waals surface area contributed by atoms with Crippen LogP contribution in [0.5, 0.6) is 0 Å². The number of fused-ring (bicyclic) bond motifs is 10. The predicted octanol–water partition coefficient (Wildman–Crippen LogP) is 24.7. The summed E-state index contributed by atoms with van der Waals surface area (Å²) in [5, 5.41) is 2.29. The maximum Gasteiger partial charge on any atom is 0.252 e. The summed E-state index contributed by atoms with van der Waals surface area (Å²) in [7, 11) is 0. The molecule has 0 bridgehead atoms. The second-order valence-corrected chi connectivity index (χ2v) is 34.7. The molecule has 0 atom stereocenters. The van der Waals surface area contributed by atoms with E-state index in [-0.39, 0.29) is 66.4 Å². The summed E-state index contributed by atoms with van der Waals surface area (Å²) in [6, 6.07) is 70.8. The highest BCUT2D eigenvalue weighted by molar-refractivity contribution is 7.00. The first-order valence-corrected chi connectivity index (χ1v) is 35.9. The molecule has 2 aliphatic heterocycles. The topological polar surface area (TPSA) is 16.3 Å².